The van der Waals surface area contributed by atoms with E-state index in [0.717, 1.165) is 0 Å². The number of rotatable bonds is 2. The summed E-state index contributed by atoms with van der Waals surface area (Å²) < 4.78 is 6.26. The number of hydrogen-bond donors (Lipinski definition) is 1. The summed E-state index contributed by atoms with van der Waals surface area (Å²) in [7, 11) is 1.40. The second-order valence-electron chi connectivity index (χ2n) is 2.43. The van der Waals surface area contributed by atoms with Gasteiger partial charge in [0.05, 0.1) is 13.4 Å². The molecular formula is C7H7N5O2. The smallest absolute Gasteiger partial charge is 0.295 e. The Bertz CT molecular complexity index is 475. The molecule has 0 saturated heterocycles. The predicted molar refractivity (Wildman–Crippen MR) is 46.3 cm³/mol. The molecule has 14 heavy (non-hydrogen) atoms. The van der Waals surface area contributed by atoms with Crippen LogP contribution in [-0.2, 0) is 0 Å². The van der Waals surface area contributed by atoms with Crippen molar-refractivity contribution in [2.45, 2.75) is 0 Å². The van der Waals surface area contributed by atoms with Crippen LogP contribution in [0.15, 0.2) is 23.8 Å². The minimum Gasteiger partial charge on any atom is -0.488 e. The Morgan fingerprint density at radius 2 is 2.43 bits per heavy atom. The maximum absolute atomic E-state index is 11.3. The number of H-pyrrole nitrogens is 1. The number of methoxy groups -OCH3 is 1. The van der Waals surface area contributed by atoms with Gasteiger partial charge in [0, 0.05) is 0 Å². The van der Waals surface area contributed by atoms with Crippen molar-refractivity contribution in [3.8, 4) is 11.6 Å². The first-order chi connectivity index (χ1) is 6.83. The maximum atomic E-state index is 11.3. The molecule has 2 heterocycles. The monoisotopic (exact) mass is 193 g/mol. The molecule has 0 aliphatic carbocycles. The van der Waals surface area contributed by atoms with Crippen molar-refractivity contribution in [2.75, 3.05) is 7.11 Å². The van der Waals surface area contributed by atoms with Gasteiger partial charge >= 0.3 is 0 Å². The largest absolute Gasteiger partial charge is 0.488 e. The van der Waals surface area contributed by atoms with Crippen LogP contribution in [0.25, 0.3) is 5.82 Å². The summed E-state index contributed by atoms with van der Waals surface area (Å²) in [6.07, 6.45) is 4.06. The number of nitrogens with one attached hydrogen (secondary N) is 1. The van der Waals surface area contributed by atoms with Gasteiger partial charge in [-0.1, -0.05) is 0 Å². The molecule has 0 aliphatic rings. The third kappa shape index (κ3) is 1.24. The van der Waals surface area contributed by atoms with E-state index >= 15 is 0 Å². The highest BCUT2D eigenvalue weighted by molar-refractivity contribution is 5.36. The fraction of sp³-hybridized carbons (Fsp3) is 0.143. The second-order valence-corrected chi connectivity index (χ2v) is 2.43. The molecule has 2 aromatic heterocycles. The molecule has 72 valence electrons. The van der Waals surface area contributed by atoms with Crippen LogP contribution in [0, 0.1) is 0 Å². The van der Waals surface area contributed by atoms with Crippen molar-refractivity contribution < 1.29 is 4.74 Å². The van der Waals surface area contributed by atoms with Crippen molar-refractivity contribution in [3.63, 3.8) is 0 Å². The molecule has 0 aromatic carbocycles. The lowest BCUT2D eigenvalue weighted by atomic mass is 10.5. The van der Waals surface area contributed by atoms with E-state index in [9.17, 15) is 4.79 Å². The van der Waals surface area contributed by atoms with Crippen molar-refractivity contribution >= 4 is 0 Å². The van der Waals surface area contributed by atoms with Crippen molar-refractivity contribution in [2.24, 2.45) is 0 Å². The van der Waals surface area contributed by atoms with Gasteiger partial charge in [0.25, 0.3) is 5.56 Å². The molecule has 0 atom stereocenters. The molecule has 2 rings (SSSR count). The Balaban J connectivity index is 2.64. The standard InChI is InChI=1S/C7H7N5O2/c1-14-5-6(9-3-10-7(5)13)12-4-8-2-11-12/h2-4H,1H3,(H,9,10,13). The lowest BCUT2D eigenvalue weighted by molar-refractivity contribution is 0.402. The van der Waals surface area contributed by atoms with Gasteiger partial charge in [0.2, 0.25) is 11.6 Å². The average Bonchev–Trinajstić information content (AvgIpc) is 2.70. The maximum Gasteiger partial charge on any atom is 0.295 e. The third-order valence-corrected chi connectivity index (χ3v) is 1.63. The van der Waals surface area contributed by atoms with Gasteiger partial charge in [-0.25, -0.2) is 9.97 Å². The predicted octanol–water partition coefficient (Wildman–Crippen LogP) is -0.641. The number of aromatic nitrogens is 5. The molecular weight excluding hydrogens is 186 g/mol. The molecule has 0 bridgehead atoms. The van der Waals surface area contributed by atoms with E-state index < -0.39 is 0 Å². The molecule has 0 radical (unpaired) electrons. The first-order valence-electron chi connectivity index (χ1n) is 3.79. The number of aromatic amines is 1. The van der Waals surface area contributed by atoms with Crippen molar-refractivity contribution in [1.82, 2.24) is 24.7 Å². The fourth-order valence-corrected chi connectivity index (χ4v) is 1.04. The van der Waals surface area contributed by atoms with E-state index in [1.807, 2.05) is 0 Å². The average molecular weight is 193 g/mol. The summed E-state index contributed by atoms with van der Waals surface area (Å²) in [5, 5.41) is 3.85. The molecule has 7 heteroatoms. The lowest BCUT2D eigenvalue weighted by Crippen LogP contribution is -2.14. The van der Waals surface area contributed by atoms with Crippen LogP contribution >= 0.6 is 0 Å². The van der Waals surface area contributed by atoms with Gasteiger partial charge in [-0.15, -0.1) is 0 Å². The second kappa shape index (κ2) is 3.29. The Hall–Kier alpha value is -2.18. The fourth-order valence-electron chi connectivity index (χ4n) is 1.04. The first-order valence-corrected chi connectivity index (χ1v) is 3.79. The summed E-state index contributed by atoms with van der Waals surface area (Å²) in [5.41, 5.74) is -0.354. The van der Waals surface area contributed by atoms with Gasteiger partial charge in [0.1, 0.15) is 12.7 Å². The molecule has 7 nitrogen and oxygen atoms in total. The topological polar surface area (TPSA) is 85.7 Å². The van der Waals surface area contributed by atoms with E-state index in [1.54, 1.807) is 0 Å². The normalized spacial score (nSPS) is 10.1. The van der Waals surface area contributed by atoms with Crippen LogP contribution in [0.3, 0.4) is 0 Å². The highest BCUT2D eigenvalue weighted by atomic mass is 16.5. The van der Waals surface area contributed by atoms with Crippen molar-refractivity contribution in [3.05, 3.63) is 29.3 Å². The van der Waals surface area contributed by atoms with Crippen LogP contribution in [0.5, 0.6) is 5.75 Å². The van der Waals surface area contributed by atoms with Crippen LogP contribution in [-0.4, -0.2) is 31.8 Å². The first kappa shape index (κ1) is 8.42. The zero-order valence-electron chi connectivity index (χ0n) is 7.34. The van der Waals surface area contributed by atoms with Crippen LogP contribution in [0.1, 0.15) is 0 Å². The number of nitrogens with zero attached hydrogens (tertiary/aromatic N) is 4. The van der Waals surface area contributed by atoms with Gasteiger partial charge in [-0.05, 0) is 0 Å². The van der Waals surface area contributed by atoms with Gasteiger partial charge in [0.15, 0.2) is 0 Å². The third-order valence-electron chi connectivity index (χ3n) is 1.63. The van der Waals surface area contributed by atoms with E-state index in [1.165, 1.54) is 30.8 Å². The highest BCUT2D eigenvalue weighted by Gasteiger charge is 2.10. The van der Waals surface area contributed by atoms with Crippen LogP contribution in [0.2, 0.25) is 0 Å². The van der Waals surface area contributed by atoms with Gasteiger partial charge < -0.3 is 9.72 Å². The summed E-state index contributed by atoms with van der Waals surface area (Å²) in [4.78, 5) is 21.4. The van der Waals surface area contributed by atoms with Crippen molar-refractivity contribution in [1.29, 1.82) is 0 Å². The molecule has 0 spiro atoms. The SMILES string of the molecule is COc1c(-n2cncn2)nc[nH]c1=O. The molecule has 0 aliphatic heterocycles. The lowest BCUT2D eigenvalue weighted by Gasteiger charge is -2.03. The Morgan fingerprint density at radius 3 is 3.07 bits per heavy atom. The zero-order chi connectivity index (χ0) is 9.97. The Kier molecular flexibility index (Phi) is 1.98. The van der Waals surface area contributed by atoms with E-state index in [2.05, 4.69) is 20.1 Å². The Morgan fingerprint density at radius 1 is 1.57 bits per heavy atom. The molecule has 2 aromatic rings. The molecule has 1 N–H and O–H groups in total. The summed E-state index contributed by atoms with van der Waals surface area (Å²) in [5.74, 6) is 0.423. The summed E-state index contributed by atoms with van der Waals surface area (Å²) >= 11 is 0. The molecule has 0 fully saturated rings. The Labute approximate surface area is 78.4 Å². The molecule has 0 unspecified atom stereocenters. The minimum absolute atomic E-state index is 0.109. The highest BCUT2D eigenvalue weighted by Crippen LogP contribution is 2.11. The quantitative estimate of drug-likeness (QED) is 0.685. The van der Waals surface area contributed by atoms with E-state index in [4.69, 9.17) is 4.74 Å². The number of hydrogen-bond acceptors (Lipinski definition) is 5. The molecule has 0 amide bonds. The van der Waals surface area contributed by atoms with Crippen LogP contribution < -0.4 is 10.3 Å². The summed E-state index contributed by atoms with van der Waals surface area (Å²) in [6, 6.07) is 0. The van der Waals surface area contributed by atoms with E-state index in [0.29, 0.717) is 5.82 Å². The van der Waals surface area contributed by atoms with Crippen LogP contribution in [0.4, 0.5) is 0 Å². The van der Waals surface area contributed by atoms with Gasteiger partial charge in [-0.3, -0.25) is 4.79 Å². The number of ether oxygens (including phenoxy) is 1. The molecule has 0 saturated carbocycles. The zero-order valence-corrected chi connectivity index (χ0v) is 7.34. The van der Waals surface area contributed by atoms with Gasteiger partial charge in [-0.2, -0.15) is 9.78 Å². The minimum atomic E-state index is -0.354. The van der Waals surface area contributed by atoms with E-state index in [-0.39, 0.29) is 11.3 Å². The summed E-state index contributed by atoms with van der Waals surface area (Å²) in [6.45, 7) is 0.